The number of hydrogen-bond donors (Lipinski definition) is 2. The molecule has 0 aliphatic carbocycles. The second kappa shape index (κ2) is 6.56. The number of hydrogen-bond acceptors (Lipinski definition) is 2. The van der Waals surface area contributed by atoms with Gasteiger partial charge in [0.25, 0.3) is 5.91 Å². The van der Waals surface area contributed by atoms with E-state index in [0.29, 0.717) is 10.6 Å². The van der Waals surface area contributed by atoms with E-state index in [1.165, 1.54) is 6.07 Å². The summed E-state index contributed by atoms with van der Waals surface area (Å²) in [6.07, 6.45) is 4.97. The Bertz CT molecular complexity index is 466. The smallest absolute Gasteiger partial charge is 0.251 e. The number of nitrogens with one attached hydrogen (secondary N) is 2. The van der Waals surface area contributed by atoms with E-state index in [0.717, 1.165) is 0 Å². The fourth-order valence-corrected chi connectivity index (χ4v) is 1.29. The lowest BCUT2D eigenvalue weighted by molar-refractivity contribution is -0.119. The molecule has 4 nitrogen and oxygen atoms in total. The third-order valence-corrected chi connectivity index (χ3v) is 2.12. The molecular weight excluding hydrogens is 240 g/mol. The Morgan fingerprint density at radius 1 is 1.35 bits per heavy atom. The van der Waals surface area contributed by atoms with Gasteiger partial charge in [-0.15, -0.1) is 6.42 Å². The van der Waals surface area contributed by atoms with Gasteiger partial charge in [0.1, 0.15) is 0 Å². The maximum atomic E-state index is 11.6. The van der Waals surface area contributed by atoms with Gasteiger partial charge in [-0.05, 0) is 18.2 Å². The molecule has 0 heterocycles. The number of terminal acetylenes is 1. The average molecular weight is 251 g/mol. The van der Waals surface area contributed by atoms with Crippen molar-refractivity contribution in [2.75, 3.05) is 13.1 Å². The predicted octanol–water partition coefficient (Wildman–Crippen LogP) is 0.819. The van der Waals surface area contributed by atoms with Gasteiger partial charge in [0.05, 0.1) is 13.1 Å². The molecule has 2 amide bonds. The Morgan fingerprint density at radius 2 is 2.12 bits per heavy atom. The van der Waals surface area contributed by atoms with Crippen molar-refractivity contribution in [3.8, 4) is 12.3 Å². The molecule has 0 bridgehead atoms. The van der Waals surface area contributed by atoms with Crippen LogP contribution in [0.3, 0.4) is 0 Å². The summed E-state index contributed by atoms with van der Waals surface area (Å²) in [5.74, 6) is 1.57. The highest BCUT2D eigenvalue weighted by Gasteiger charge is 2.07. The third kappa shape index (κ3) is 4.58. The Hall–Kier alpha value is -1.99. The van der Waals surface area contributed by atoms with Crippen LogP contribution in [0.2, 0.25) is 5.02 Å². The molecule has 0 saturated heterocycles. The van der Waals surface area contributed by atoms with E-state index < -0.39 is 0 Å². The number of carbonyl (C=O) groups is 2. The highest BCUT2D eigenvalue weighted by molar-refractivity contribution is 6.30. The summed E-state index contributed by atoms with van der Waals surface area (Å²) in [5, 5.41) is 5.36. The fourth-order valence-electron chi connectivity index (χ4n) is 1.10. The first-order valence-electron chi connectivity index (χ1n) is 4.87. The molecule has 5 heteroatoms. The minimum Gasteiger partial charge on any atom is -0.344 e. The van der Waals surface area contributed by atoms with Gasteiger partial charge in [0.15, 0.2) is 0 Å². The van der Waals surface area contributed by atoms with Crippen LogP contribution in [0.15, 0.2) is 24.3 Å². The molecule has 0 aliphatic heterocycles. The number of halogens is 1. The summed E-state index contributed by atoms with van der Waals surface area (Å²) in [5.41, 5.74) is 0.405. The standard InChI is InChI=1S/C12H11ClN2O2/c1-2-6-14-11(16)8-15-12(17)9-4-3-5-10(13)7-9/h1,3-5,7H,6,8H2,(H,14,16)(H,15,17). The first-order valence-corrected chi connectivity index (χ1v) is 5.25. The predicted molar refractivity (Wildman–Crippen MR) is 65.6 cm³/mol. The largest absolute Gasteiger partial charge is 0.344 e. The normalized spacial score (nSPS) is 9.18. The van der Waals surface area contributed by atoms with E-state index in [9.17, 15) is 9.59 Å². The third-order valence-electron chi connectivity index (χ3n) is 1.88. The Balaban J connectivity index is 2.45. The summed E-state index contributed by atoms with van der Waals surface area (Å²) in [6.45, 7) is 0.0267. The van der Waals surface area contributed by atoms with Crippen LogP contribution < -0.4 is 10.6 Å². The minimum atomic E-state index is -0.358. The Labute approximate surface area is 104 Å². The van der Waals surface area contributed by atoms with Gasteiger partial charge in [-0.2, -0.15) is 0 Å². The fraction of sp³-hybridized carbons (Fsp3) is 0.167. The van der Waals surface area contributed by atoms with Crippen molar-refractivity contribution in [2.24, 2.45) is 0 Å². The van der Waals surface area contributed by atoms with Gasteiger partial charge >= 0.3 is 0 Å². The maximum absolute atomic E-state index is 11.6. The van der Waals surface area contributed by atoms with E-state index >= 15 is 0 Å². The zero-order valence-electron chi connectivity index (χ0n) is 9.00. The molecular formula is C12H11ClN2O2. The summed E-state index contributed by atoms with van der Waals surface area (Å²) in [4.78, 5) is 22.7. The lowest BCUT2D eigenvalue weighted by Gasteiger charge is -2.05. The molecule has 1 rings (SSSR count). The van der Waals surface area contributed by atoms with Crippen LogP contribution in [-0.2, 0) is 4.79 Å². The van der Waals surface area contributed by atoms with Gasteiger partial charge in [-0.1, -0.05) is 23.6 Å². The second-order valence-corrected chi connectivity index (χ2v) is 3.61. The summed E-state index contributed by atoms with van der Waals surface area (Å²) < 4.78 is 0. The molecule has 0 aliphatic rings. The number of carbonyl (C=O) groups excluding carboxylic acids is 2. The zero-order chi connectivity index (χ0) is 12.7. The first kappa shape index (κ1) is 13.1. The molecule has 1 aromatic carbocycles. The SMILES string of the molecule is C#CCNC(=O)CNC(=O)c1cccc(Cl)c1. The molecule has 2 N–H and O–H groups in total. The molecule has 1 aromatic rings. The molecule has 0 unspecified atom stereocenters. The molecule has 0 spiro atoms. The molecule has 88 valence electrons. The Kier molecular flexibility index (Phi) is 5.05. The van der Waals surface area contributed by atoms with Crippen LogP contribution in [0.1, 0.15) is 10.4 Å². The van der Waals surface area contributed by atoms with Crippen molar-refractivity contribution in [2.45, 2.75) is 0 Å². The maximum Gasteiger partial charge on any atom is 0.251 e. The van der Waals surface area contributed by atoms with Gasteiger partial charge < -0.3 is 10.6 Å². The van der Waals surface area contributed by atoms with Crippen molar-refractivity contribution >= 4 is 23.4 Å². The summed E-state index contributed by atoms with van der Waals surface area (Å²) in [7, 11) is 0. The van der Waals surface area contributed by atoms with Crippen LogP contribution in [0.5, 0.6) is 0 Å². The van der Waals surface area contributed by atoms with E-state index in [1.807, 2.05) is 0 Å². The monoisotopic (exact) mass is 250 g/mol. The molecule has 17 heavy (non-hydrogen) atoms. The van der Waals surface area contributed by atoms with Crippen LogP contribution >= 0.6 is 11.6 Å². The number of amides is 2. The van der Waals surface area contributed by atoms with E-state index in [1.54, 1.807) is 18.2 Å². The minimum absolute atomic E-state index is 0.118. The second-order valence-electron chi connectivity index (χ2n) is 3.17. The van der Waals surface area contributed by atoms with Gasteiger partial charge in [-0.25, -0.2) is 0 Å². The highest BCUT2D eigenvalue weighted by Crippen LogP contribution is 2.10. The van der Waals surface area contributed by atoms with Crippen molar-refractivity contribution in [1.82, 2.24) is 10.6 Å². The number of benzene rings is 1. The van der Waals surface area contributed by atoms with Gasteiger partial charge in [0, 0.05) is 10.6 Å². The first-order chi connectivity index (χ1) is 8.13. The molecule has 0 saturated carbocycles. The van der Waals surface area contributed by atoms with Crippen molar-refractivity contribution in [3.63, 3.8) is 0 Å². The lowest BCUT2D eigenvalue weighted by Crippen LogP contribution is -2.37. The lowest BCUT2D eigenvalue weighted by atomic mass is 10.2. The zero-order valence-corrected chi connectivity index (χ0v) is 9.75. The summed E-state index contributed by atoms with van der Waals surface area (Å²) >= 11 is 5.74. The van der Waals surface area contributed by atoms with Crippen LogP contribution in [0.25, 0.3) is 0 Å². The van der Waals surface area contributed by atoms with Crippen molar-refractivity contribution in [1.29, 1.82) is 0 Å². The van der Waals surface area contributed by atoms with Gasteiger partial charge in [-0.3, -0.25) is 9.59 Å². The van der Waals surface area contributed by atoms with Crippen molar-refractivity contribution < 1.29 is 9.59 Å². The van der Waals surface area contributed by atoms with E-state index in [2.05, 4.69) is 16.6 Å². The van der Waals surface area contributed by atoms with Crippen LogP contribution in [0.4, 0.5) is 0 Å². The van der Waals surface area contributed by atoms with Crippen LogP contribution in [-0.4, -0.2) is 24.9 Å². The Morgan fingerprint density at radius 3 is 2.76 bits per heavy atom. The highest BCUT2D eigenvalue weighted by atomic mass is 35.5. The molecule has 0 radical (unpaired) electrons. The topological polar surface area (TPSA) is 58.2 Å². The quantitative estimate of drug-likeness (QED) is 0.778. The summed E-state index contributed by atoms with van der Waals surface area (Å²) in [6, 6.07) is 6.46. The number of rotatable bonds is 4. The van der Waals surface area contributed by atoms with Crippen molar-refractivity contribution in [3.05, 3.63) is 34.9 Å². The molecule has 0 atom stereocenters. The van der Waals surface area contributed by atoms with E-state index in [4.69, 9.17) is 18.0 Å². The average Bonchev–Trinajstić information content (AvgIpc) is 2.33. The van der Waals surface area contributed by atoms with Gasteiger partial charge in [0.2, 0.25) is 5.91 Å². The molecule has 0 fully saturated rings. The van der Waals surface area contributed by atoms with E-state index in [-0.39, 0.29) is 24.9 Å². The van der Waals surface area contributed by atoms with Crippen LogP contribution in [0, 0.1) is 12.3 Å². The molecule has 0 aromatic heterocycles.